The molecule has 1 fully saturated rings. The summed E-state index contributed by atoms with van der Waals surface area (Å²) < 4.78 is 14.8. The number of aliphatic hydroxyl groups is 1. The van der Waals surface area contributed by atoms with Gasteiger partial charge < -0.3 is 19.6 Å². The molecule has 1 atom stereocenters. The molecule has 1 aliphatic rings. The van der Waals surface area contributed by atoms with Crippen molar-refractivity contribution in [3.8, 4) is 11.1 Å². The summed E-state index contributed by atoms with van der Waals surface area (Å²) in [6, 6.07) is 2.27. The lowest BCUT2D eigenvalue weighted by Crippen LogP contribution is -2.28. The highest BCUT2D eigenvalue weighted by Crippen LogP contribution is 2.38. The van der Waals surface area contributed by atoms with Gasteiger partial charge in [0.15, 0.2) is 0 Å². The first kappa shape index (κ1) is 24.4. The minimum Gasteiger partial charge on any atom is -0.423 e. The van der Waals surface area contributed by atoms with E-state index < -0.39 is 5.54 Å². The quantitative estimate of drug-likeness (QED) is 0.378. The molecule has 1 aliphatic carbocycles. The molecular formula is C25H34N8O3. The Kier molecular flexibility index (Phi) is 6.52. The van der Waals surface area contributed by atoms with E-state index in [0.717, 1.165) is 48.0 Å². The number of hydrogen-bond donors (Lipinski definition) is 2. The fraction of sp³-hybridized carbons (Fsp3) is 0.560. The lowest BCUT2D eigenvalue weighted by Gasteiger charge is -2.25. The van der Waals surface area contributed by atoms with Crippen molar-refractivity contribution in [3.63, 3.8) is 0 Å². The molecule has 0 amide bonds. The number of nitrogens with one attached hydrogen (secondary N) is 1. The molecule has 0 saturated heterocycles. The molecule has 4 aromatic heterocycles. The molecule has 4 aromatic rings. The van der Waals surface area contributed by atoms with Crippen LogP contribution in [-0.2, 0) is 10.3 Å². The summed E-state index contributed by atoms with van der Waals surface area (Å²) in [4.78, 5) is 4.59. The first-order valence-corrected chi connectivity index (χ1v) is 12.4. The van der Waals surface area contributed by atoms with Gasteiger partial charge >= 0.3 is 0 Å². The van der Waals surface area contributed by atoms with Crippen LogP contribution in [-0.4, -0.2) is 65.5 Å². The predicted octanol–water partition coefficient (Wildman–Crippen LogP) is 3.53. The number of nitrogens with zero attached hydrogens (tertiary/aromatic N) is 7. The van der Waals surface area contributed by atoms with Gasteiger partial charge in [-0.3, -0.25) is 4.68 Å². The van der Waals surface area contributed by atoms with E-state index in [-0.39, 0.29) is 12.1 Å². The van der Waals surface area contributed by atoms with Crippen LogP contribution in [0.4, 0.5) is 5.95 Å². The summed E-state index contributed by atoms with van der Waals surface area (Å²) in [6.07, 6.45) is 8.91. The number of hydrogen-bond acceptors (Lipinski definition) is 9. The van der Waals surface area contributed by atoms with E-state index in [2.05, 4.69) is 31.7 Å². The molecule has 0 unspecified atom stereocenters. The Hall–Kier alpha value is -3.31. The van der Waals surface area contributed by atoms with Crippen molar-refractivity contribution in [2.75, 3.05) is 19.0 Å². The van der Waals surface area contributed by atoms with Crippen molar-refractivity contribution in [2.24, 2.45) is 0 Å². The van der Waals surface area contributed by atoms with Crippen molar-refractivity contribution in [3.05, 3.63) is 42.1 Å². The Labute approximate surface area is 209 Å². The zero-order valence-corrected chi connectivity index (χ0v) is 21.5. The topological polar surface area (TPSA) is 128 Å². The second-order valence-electron chi connectivity index (χ2n) is 10.2. The SMILES string of the molecule is COC[C@H](C)Nc1ncc2c(-c3cnn(C(C)(C)c4nnc(C)o4)c3)cc(C3CCC(O)CC3)n2n1. The largest absolute Gasteiger partial charge is 0.423 e. The summed E-state index contributed by atoms with van der Waals surface area (Å²) in [7, 11) is 1.68. The highest BCUT2D eigenvalue weighted by atomic mass is 16.5. The molecule has 0 aliphatic heterocycles. The third-order valence-corrected chi connectivity index (χ3v) is 6.97. The van der Waals surface area contributed by atoms with E-state index in [4.69, 9.17) is 14.3 Å². The number of aromatic nitrogens is 7. The fourth-order valence-corrected chi connectivity index (χ4v) is 4.90. The van der Waals surface area contributed by atoms with Crippen molar-refractivity contribution >= 4 is 11.5 Å². The molecule has 1 saturated carbocycles. The number of fused-ring (bicyclic) bond motifs is 1. The highest BCUT2D eigenvalue weighted by molar-refractivity contribution is 5.81. The van der Waals surface area contributed by atoms with Crippen LogP contribution in [0.5, 0.6) is 0 Å². The molecule has 11 heteroatoms. The third-order valence-electron chi connectivity index (χ3n) is 6.97. The van der Waals surface area contributed by atoms with Gasteiger partial charge in [0.2, 0.25) is 17.7 Å². The van der Waals surface area contributed by atoms with E-state index in [1.54, 1.807) is 14.0 Å². The Bertz CT molecular complexity index is 1330. The summed E-state index contributed by atoms with van der Waals surface area (Å²) in [5.74, 6) is 1.88. The smallest absolute Gasteiger partial charge is 0.243 e. The molecule has 192 valence electrons. The number of ether oxygens (including phenoxy) is 1. The first-order chi connectivity index (χ1) is 17.3. The van der Waals surface area contributed by atoms with E-state index in [1.165, 1.54) is 0 Å². The first-order valence-electron chi connectivity index (χ1n) is 12.4. The number of aryl methyl sites for hydroxylation is 1. The van der Waals surface area contributed by atoms with Crippen molar-refractivity contribution in [2.45, 2.75) is 77.0 Å². The molecule has 0 radical (unpaired) electrons. The van der Waals surface area contributed by atoms with Gasteiger partial charge in [0.1, 0.15) is 5.54 Å². The van der Waals surface area contributed by atoms with E-state index in [9.17, 15) is 5.11 Å². The number of aliphatic hydroxyl groups excluding tert-OH is 1. The van der Waals surface area contributed by atoms with Gasteiger partial charge in [-0.15, -0.1) is 15.3 Å². The Morgan fingerprint density at radius 3 is 2.69 bits per heavy atom. The lowest BCUT2D eigenvalue weighted by molar-refractivity contribution is 0.121. The van der Waals surface area contributed by atoms with Crippen molar-refractivity contribution < 1.29 is 14.3 Å². The number of anilines is 1. The zero-order chi connectivity index (χ0) is 25.4. The van der Waals surface area contributed by atoms with Gasteiger partial charge in [0.25, 0.3) is 0 Å². The third kappa shape index (κ3) is 4.60. The lowest BCUT2D eigenvalue weighted by atomic mass is 9.85. The number of methoxy groups -OCH3 is 1. The van der Waals surface area contributed by atoms with Crippen LogP contribution in [0.2, 0.25) is 0 Å². The molecule has 0 aromatic carbocycles. The van der Waals surface area contributed by atoms with Gasteiger partial charge in [-0.05, 0) is 52.5 Å². The van der Waals surface area contributed by atoms with Crippen LogP contribution < -0.4 is 5.32 Å². The molecule has 4 heterocycles. The standard InChI is InChI=1S/C25H34N8O3/c1-15(14-35-5)28-24-26-12-22-20(10-21(33(22)31-24)17-6-8-19(34)9-7-17)18-11-27-32(13-18)25(3,4)23-30-29-16(2)36-23/h10-13,15,17,19,34H,6-9,14H2,1-5H3,(H,28,31)/t15-,17?,19?/m0/s1. The van der Waals surface area contributed by atoms with Gasteiger partial charge in [-0.25, -0.2) is 9.50 Å². The number of rotatable bonds is 8. The van der Waals surface area contributed by atoms with Crippen LogP contribution >= 0.6 is 0 Å². The summed E-state index contributed by atoms with van der Waals surface area (Å²) >= 11 is 0. The summed E-state index contributed by atoms with van der Waals surface area (Å²) in [6.45, 7) is 8.35. The molecule has 5 rings (SSSR count). The van der Waals surface area contributed by atoms with Crippen molar-refractivity contribution in [1.29, 1.82) is 0 Å². The van der Waals surface area contributed by atoms with Gasteiger partial charge in [-0.1, -0.05) is 0 Å². The van der Waals surface area contributed by atoms with Crippen LogP contribution in [0, 0.1) is 6.92 Å². The maximum Gasteiger partial charge on any atom is 0.243 e. The van der Waals surface area contributed by atoms with Crippen molar-refractivity contribution in [1.82, 2.24) is 34.6 Å². The predicted molar refractivity (Wildman–Crippen MR) is 134 cm³/mol. The summed E-state index contributed by atoms with van der Waals surface area (Å²) in [5, 5.41) is 31.1. The molecular weight excluding hydrogens is 460 g/mol. The maximum atomic E-state index is 10.1. The molecule has 2 N–H and O–H groups in total. The highest BCUT2D eigenvalue weighted by Gasteiger charge is 2.31. The minimum absolute atomic E-state index is 0.0737. The van der Waals surface area contributed by atoms with E-state index in [1.807, 2.05) is 48.6 Å². The second-order valence-corrected chi connectivity index (χ2v) is 10.2. The van der Waals surface area contributed by atoms with E-state index in [0.29, 0.717) is 30.3 Å². The van der Waals surface area contributed by atoms with Crippen LogP contribution in [0.25, 0.3) is 16.6 Å². The zero-order valence-electron chi connectivity index (χ0n) is 21.5. The molecule has 11 nitrogen and oxygen atoms in total. The van der Waals surface area contributed by atoms with Gasteiger partial charge in [-0.2, -0.15) is 5.10 Å². The monoisotopic (exact) mass is 494 g/mol. The average Bonchev–Trinajstić information content (AvgIpc) is 3.58. The van der Waals surface area contributed by atoms with Crippen LogP contribution in [0.3, 0.4) is 0 Å². The van der Waals surface area contributed by atoms with Gasteiger partial charge in [0.05, 0.1) is 30.6 Å². The maximum absolute atomic E-state index is 10.1. The molecule has 0 bridgehead atoms. The van der Waals surface area contributed by atoms with E-state index >= 15 is 0 Å². The second kappa shape index (κ2) is 9.62. The van der Waals surface area contributed by atoms with Gasteiger partial charge in [0, 0.05) is 49.0 Å². The summed E-state index contributed by atoms with van der Waals surface area (Å²) in [5.41, 5.74) is 3.39. The Morgan fingerprint density at radius 1 is 1.22 bits per heavy atom. The average molecular weight is 495 g/mol. The Morgan fingerprint density at radius 2 is 2.00 bits per heavy atom. The molecule has 0 spiro atoms. The molecule has 36 heavy (non-hydrogen) atoms. The minimum atomic E-state index is -0.609. The van der Waals surface area contributed by atoms with Crippen LogP contribution in [0.15, 0.2) is 29.1 Å². The van der Waals surface area contributed by atoms with Crippen LogP contribution in [0.1, 0.15) is 69.8 Å². The normalized spacial score (nSPS) is 19.6. The fourth-order valence-electron chi connectivity index (χ4n) is 4.90. The Balaban J connectivity index is 1.54.